The quantitative estimate of drug-likeness (QED) is 0.350. The molecule has 0 radical (unpaired) electrons. The summed E-state index contributed by atoms with van der Waals surface area (Å²) in [5, 5.41) is 4.98. The molecule has 0 amide bonds. The fraction of sp³-hybridized carbons (Fsp3) is 0.875. The molecule has 4 bridgehead atoms. The highest BCUT2D eigenvalue weighted by atomic mass is 32.2. The van der Waals surface area contributed by atoms with E-state index in [-0.39, 0.29) is 0 Å². The van der Waals surface area contributed by atoms with Crippen molar-refractivity contribution in [1.82, 2.24) is 0 Å². The van der Waals surface area contributed by atoms with E-state index in [2.05, 4.69) is 68.3 Å². The summed E-state index contributed by atoms with van der Waals surface area (Å²) in [6, 6.07) is 0. The topological polar surface area (TPSA) is 24.7 Å². The third-order valence-corrected chi connectivity index (χ3v) is 8.52. The Balaban J connectivity index is 1.64. The summed E-state index contributed by atoms with van der Waals surface area (Å²) < 4.78 is 1.03. The molecule has 0 atom stereocenters. The molecule has 4 aliphatic rings. The van der Waals surface area contributed by atoms with Gasteiger partial charge in [0.15, 0.2) is 0 Å². The van der Waals surface area contributed by atoms with Crippen LogP contribution in [-0.2, 0) is 0 Å². The van der Waals surface area contributed by atoms with Gasteiger partial charge >= 0.3 is 0 Å². The minimum absolute atomic E-state index is 0.515. The fourth-order valence-electron chi connectivity index (χ4n) is 5.14. The van der Waals surface area contributed by atoms with Crippen LogP contribution in [0.4, 0.5) is 0 Å². The number of aliphatic imine (C=N–C) groups is 2. The first-order valence-corrected chi connectivity index (χ1v) is 10.8. The first kappa shape index (κ1) is 17.1. The van der Waals surface area contributed by atoms with E-state index in [9.17, 15) is 0 Å². The van der Waals surface area contributed by atoms with Crippen LogP contribution in [-0.4, -0.2) is 44.4 Å². The van der Waals surface area contributed by atoms with Gasteiger partial charge in [0.2, 0.25) is 0 Å². The number of rotatable bonds is 8. The van der Waals surface area contributed by atoms with Crippen molar-refractivity contribution < 1.29 is 0 Å². The summed E-state index contributed by atoms with van der Waals surface area (Å²) >= 11 is 13.7. The van der Waals surface area contributed by atoms with Gasteiger partial charge in [-0.2, -0.15) is 23.5 Å². The zero-order chi connectivity index (χ0) is 15.5. The second-order valence-corrected chi connectivity index (χ2v) is 10.5. The van der Waals surface area contributed by atoms with Gasteiger partial charge in [-0.25, -0.2) is 9.98 Å². The number of hydrogen-bond acceptors (Lipinski definition) is 6. The van der Waals surface area contributed by atoms with Gasteiger partial charge < -0.3 is 0 Å². The van der Waals surface area contributed by atoms with Gasteiger partial charge in [-0.15, -0.1) is 0 Å². The lowest BCUT2D eigenvalue weighted by atomic mass is 9.55. The third kappa shape index (κ3) is 3.85. The van der Waals surface area contributed by atoms with Crippen molar-refractivity contribution in [2.24, 2.45) is 21.8 Å². The SMILES string of the molecule is S=C=NCCSC12CC3CC(C1)CC(SCCN=C=S)(C3)C2. The highest BCUT2D eigenvalue weighted by Gasteiger charge is 2.57. The maximum absolute atomic E-state index is 4.67. The van der Waals surface area contributed by atoms with Crippen molar-refractivity contribution in [1.29, 1.82) is 0 Å². The molecule has 4 saturated carbocycles. The monoisotopic (exact) mass is 370 g/mol. The fourth-order valence-corrected chi connectivity index (χ4v) is 8.82. The lowest BCUT2D eigenvalue weighted by Gasteiger charge is -2.61. The van der Waals surface area contributed by atoms with Crippen molar-refractivity contribution >= 4 is 58.3 Å². The van der Waals surface area contributed by atoms with Crippen molar-refractivity contribution in [3.05, 3.63) is 0 Å². The van der Waals surface area contributed by atoms with Gasteiger partial charge in [-0.05, 0) is 74.8 Å². The van der Waals surface area contributed by atoms with Crippen LogP contribution in [0.3, 0.4) is 0 Å². The molecule has 0 N–H and O–H groups in total. The summed E-state index contributed by atoms with van der Waals surface area (Å²) in [6.45, 7) is 1.66. The van der Waals surface area contributed by atoms with Crippen LogP contribution in [0.25, 0.3) is 0 Å². The average Bonchev–Trinajstić information content (AvgIpc) is 2.47. The summed E-state index contributed by atoms with van der Waals surface area (Å²) in [6.07, 6.45) is 8.56. The predicted molar refractivity (Wildman–Crippen MR) is 105 cm³/mol. The molecule has 0 unspecified atom stereocenters. The Hall–Kier alpha value is 0.300. The molecule has 0 aromatic heterocycles. The smallest absolute Gasteiger partial charge is 0.0585 e. The normalized spacial score (nSPS) is 38.4. The third-order valence-electron chi connectivity index (χ3n) is 5.31. The van der Waals surface area contributed by atoms with Crippen LogP contribution in [0.5, 0.6) is 0 Å². The van der Waals surface area contributed by atoms with Gasteiger partial charge in [0.25, 0.3) is 0 Å². The summed E-state index contributed by atoms with van der Waals surface area (Å²) in [5.41, 5.74) is 0. The maximum atomic E-state index is 4.67. The Morgan fingerprint density at radius 1 is 0.864 bits per heavy atom. The van der Waals surface area contributed by atoms with Crippen LogP contribution >= 0.6 is 48.0 Å². The van der Waals surface area contributed by atoms with E-state index in [1.807, 2.05) is 0 Å². The molecule has 0 aliphatic heterocycles. The van der Waals surface area contributed by atoms with Crippen molar-refractivity contribution in [2.45, 2.75) is 48.0 Å². The number of hydrogen-bond donors (Lipinski definition) is 0. The Labute approximate surface area is 152 Å². The van der Waals surface area contributed by atoms with Gasteiger partial charge in [0, 0.05) is 21.0 Å². The van der Waals surface area contributed by atoms with Crippen molar-refractivity contribution in [3.63, 3.8) is 0 Å². The average molecular weight is 371 g/mol. The standard InChI is InChI=1S/C16H22N2S4/c19-11-17-1-3-21-15-6-13-5-14(7-15)9-16(8-13,10-15)22-4-2-18-12-20/h13-14H,1-10H2. The number of thioether (sulfide) groups is 2. The van der Waals surface area contributed by atoms with Gasteiger partial charge in [0.05, 0.1) is 23.4 Å². The van der Waals surface area contributed by atoms with E-state index in [0.717, 1.165) is 36.4 Å². The molecule has 2 nitrogen and oxygen atoms in total. The Bertz CT molecular complexity index is 452. The van der Waals surface area contributed by atoms with E-state index in [1.165, 1.54) is 38.5 Å². The van der Waals surface area contributed by atoms with Gasteiger partial charge in [-0.1, -0.05) is 0 Å². The van der Waals surface area contributed by atoms with Gasteiger partial charge in [0.1, 0.15) is 0 Å². The zero-order valence-corrected chi connectivity index (χ0v) is 16.0. The summed E-state index contributed by atoms with van der Waals surface area (Å²) in [4.78, 5) is 8.17. The minimum atomic E-state index is 0.515. The van der Waals surface area contributed by atoms with E-state index in [4.69, 9.17) is 0 Å². The van der Waals surface area contributed by atoms with Crippen molar-refractivity contribution in [3.8, 4) is 0 Å². The van der Waals surface area contributed by atoms with E-state index in [1.54, 1.807) is 0 Å². The summed E-state index contributed by atoms with van der Waals surface area (Å²) in [7, 11) is 0. The Kier molecular flexibility index (Phi) is 5.81. The largest absolute Gasteiger partial charge is 0.232 e. The van der Waals surface area contributed by atoms with Crippen LogP contribution in [0.1, 0.15) is 38.5 Å². The van der Waals surface area contributed by atoms with E-state index in [0.29, 0.717) is 9.49 Å². The van der Waals surface area contributed by atoms with E-state index >= 15 is 0 Å². The minimum Gasteiger partial charge on any atom is -0.232 e. The highest BCUT2D eigenvalue weighted by molar-refractivity contribution is 8.01. The van der Waals surface area contributed by atoms with Crippen LogP contribution in [0, 0.1) is 11.8 Å². The molecule has 0 spiro atoms. The number of nitrogens with zero attached hydrogens (tertiary/aromatic N) is 2. The van der Waals surface area contributed by atoms with Crippen molar-refractivity contribution in [2.75, 3.05) is 24.6 Å². The van der Waals surface area contributed by atoms with E-state index < -0.39 is 0 Å². The molecule has 4 fully saturated rings. The molecule has 4 rings (SSSR count). The number of thiocarbonyl (C=S) groups is 2. The predicted octanol–water partition coefficient (Wildman–Crippen LogP) is 4.75. The molecule has 6 heteroatoms. The molecule has 0 saturated heterocycles. The van der Waals surface area contributed by atoms with Crippen LogP contribution in [0.2, 0.25) is 0 Å². The Morgan fingerprint density at radius 3 is 1.73 bits per heavy atom. The molecule has 0 aromatic rings. The molecule has 22 heavy (non-hydrogen) atoms. The summed E-state index contributed by atoms with van der Waals surface area (Å²) in [5.74, 6) is 4.09. The second kappa shape index (κ2) is 7.46. The first-order chi connectivity index (χ1) is 10.7. The highest BCUT2D eigenvalue weighted by Crippen LogP contribution is 2.65. The lowest BCUT2D eigenvalue weighted by Crippen LogP contribution is -2.56. The number of isothiocyanates is 2. The molecule has 0 aromatic carbocycles. The van der Waals surface area contributed by atoms with Gasteiger partial charge in [-0.3, -0.25) is 0 Å². The van der Waals surface area contributed by atoms with Crippen LogP contribution in [0.15, 0.2) is 9.98 Å². The molecule has 120 valence electrons. The molecular formula is C16H22N2S4. The zero-order valence-electron chi connectivity index (χ0n) is 12.8. The maximum Gasteiger partial charge on any atom is 0.0585 e. The lowest BCUT2D eigenvalue weighted by molar-refractivity contribution is 0.0575. The van der Waals surface area contributed by atoms with Crippen LogP contribution < -0.4 is 0 Å². The Morgan fingerprint density at radius 2 is 1.32 bits per heavy atom. The molecule has 4 aliphatic carbocycles. The first-order valence-electron chi connectivity index (χ1n) is 8.04. The second-order valence-electron chi connectivity index (χ2n) is 6.97. The molecule has 0 heterocycles. The molecular weight excluding hydrogens is 348 g/mol.